The van der Waals surface area contributed by atoms with E-state index >= 15 is 0 Å². The van der Waals surface area contributed by atoms with Crippen molar-refractivity contribution in [1.82, 2.24) is 0 Å². The molecule has 12 heavy (non-hydrogen) atoms. The van der Waals surface area contributed by atoms with Gasteiger partial charge in [-0.05, 0) is 19.8 Å². The molecule has 0 unspecified atom stereocenters. The second-order valence-electron chi connectivity index (χ2n) is 2.43. The molecule has 0 rings (SSSR count). The van der Waals surface area contributed by atoms with Crippen LogP contribution in [0.5, 0.6) is 0 Å². The van der Waals surface area contributed by atoms with Crippen molar-refractivity contribution in [2.75, 3.05) is 0 Å². The lowest BCUT2D eigenvalue weighted by molar-refractivity contribution is 0.487. The molecule has 72 valence electrons. The molecule has 0 atom stereocenters. The number of rotatable bonds is 4. The Morgan fingerprint density at radius 3 is 2.33 bits per heavy atom. The highest BCUT2D eigenvalue weighted by Gasteiger charge is 2.12. The Hall–Kier alpha value is -0.430. The van der Waals surface area contributed by atoms with Crippen LogP contribution >= 0.6 is 0 Å². The minimum atomic E-state index is -4.06. The van der Waals surface area contributed by atoms with Crippen LogP contribution in [0.4, 0.5) is 0 Å². The molecule has 0 aliphatic carbocycles. The first kappa shape index (κ1) is 11.6. The van der Waals surface area contributed by atoms with E-state index in [0.717, 1.165) is 0 Å². The molecule has 6 heteroatoms. The van der Waals surface area contributed by atoms with Gasteiger partial charge in [-0.2, -0.15) is 8.42 Å². The molecule has 0 aliphatic heterocycles. The van der Waals surface area contributed by atoms with E-state index in [1.54, 1.807) is 0 Å². The molecule has 0 aromatic rings. The number of nitrogens with two attached hydrogens (primary N) is 2. The summed E-state index contributed by atoms with van der Waals surface area (Å²) >= 11 is 0. The Bertz CT molecular complexity index is 256. The summed E-state index contributed by atoms with van der Waals surface area (Å²) in [6, 6.07) is 0. The van der Waals surface area contributed by atoms with E-state index < -0.39 is 16.3 Å². The standard InChI is InChI=1S/C6H14N2O3S/c1-2-5(12(9,10)11)3-4-6(7)8/h2,6H,3-4,7-8H2,1H3,(H,9,10,11). The normalized spacial score (nSPS) is 13.9. The molecule has 0 spiro atoms. The molecule has 5 nitrogen and oxygen atoms in total. The molecule has 0 heterocycles. The number of hydrogen-bond donors (Lipinski definition) is 3. The molecule has 0 fully saturated rings. The minimum Gasteiger partial charge on any atom is -0.316 e. The minimum absolute atomic E-state index is 0.0385. The molecular weight excluding hydrogens is 180 g/mol. The molecule has 0 saturated heterocycles. The van der Waals surface area contributed by atoms with Crippen molar-refractivity contribution in [3.63, 3.8) is 0 Å². The van der Waals surface area contributed by atoms with E-state index in [-0.39, 0.29) is 11.3 Å². The third kappa shape index (κ3) is 4.45. The van der Waals surface area contributed by atoms with Crippen LogP contribution in [0.3, 0.4) is 0 Å². The van der Waals surface area contributed by atoms with Gasteiger partial charge in [0.1, 0.15) is 0 Å². The van der Waals surface area contributed by atoms with Gasteiger partial charge in [-0.25, -0.2) is 0 Å². The SMILES string of the molecule is CC=C(CCC(N)N)S(=O)(=O)O. The van der Waals surface area contributed by atoms with Gasteiger partial charge < -0.3 is 11.5 Å². The van der Waals surface area contributed by atoms with E-state index in [4.69, 9.17) is 16.0 Å². The summed E-state index contributed by atoms with van der Waals surface area (Å²) < 4.78 is 29.8. The first-order chi connectivity index (χ1) is 5.38. The van der Waals surface area contributed by atoms with Gasteiger partial charge in [-0.15, -0.1) is 0 Å². The van der Waals surface area contributed by atoms with E-state index in [1.807, 2.05) is 0 Å². The molecule has 0 bridgehead atoms. The lowest BCUT2D eigenvalue weighted by atomic mass is 10.2. The first-order valence-electron chi connectivity index (χ1n) is 3.51. The maximum absolute atomic E-state index is 10.6. The van der Waals surface area contributed by atoms with Crippen LogP contribution < -0.4 is 11.5 Å². The van der Waals surface area contributed by atoms with Gasteiger partial charge in [0.15, 0.2) is 0 Å². The monoisotopic (exact) mass is 194 g/mol. The summed E-state index contributed by atoms with van der Waals surface area (Å²) in [4.78, 5) is -0.0385. The van der Waals surface area contributed by atoms with Gasteiger partial charge in [-0.3, -0.25) is 4.55 Å². The Morgan fingerprint density at radius 1 is 1.58 bits per heavy atom. The lowest BCUT2D eigenvalue weighted by Gasteiger charge is -2.05. The summed E-state index contributed by atoms with van der Waals surface area (Å²) in [5.41, 5.74) is 10.4. The average Bonchev–Trinajstić information content (AvgIpc) is 1.85. The Morgan fingerprint density at radius 2 is 2.08 bits per heavy atom. The van der Waals surface area contributed by atoms with Gasteiger partial charge in [0.2, 0.25) is 0 Å². The van der Waals surface area contributed by atoms with Crippen molar-refractivity contribution in [2.45, 2.75) is 25.9 Å². The van der Waals surface area contributed by atoms with Crippen LogP contribution in [0.15, 0.2) is 11.0 Å². The van der Waals surface area contributed by atoms with Gasteiger partial charge in [-0.1, -0.05) is 6.08 Å². The van der Waals surface area contributed by atoms with Crippen molar-refractivity contribution >= 4 is 10.1 Å². The van der Waals surface area contributed by atoms with E-state index in [2.05, 4.69) is 0 Å². The Labute approximate surface area is 72.2 Å². The van der Waals surface area contributed by atoms with E-state index in [1.165, 1.54) is 13.0 Å². The van der Waals surface area contributed by atoms with Crippen LogP contribution in [0.2, 0.25) is 0 Å². The predicted octanol–water partition coefficient (Wildman–Crippen LogP) is -0.198. The first-order valence-corrected chi connectivity index (χ1v) is 4.95. The molecular formula is C6H14N2O3S. The van der Waals surface area contributed by atoms with Crippen LogP contribution in [0, 0.1) is 0 Å². The molecule has 0 aromatic carbocycles. The van der Waals surface area contributed by atoms with Crippen LogP contribution in [0.25, 0.3) is 0 Å². The maximum atomic E-state index is 10.6. The maximum Gasteiger partial charge on any atom is 0.290 e. The summed E-state index contributed by atoms with van der Waals surface area (Å²) in [7, 11) is -4.06. The van der Waals surface area contributed by atoms with Crippen molar-refractivity contribution in [2.24, 2.45) is 11.5 Å². The third-order valence-corrected chi connectivity index (χ3v) is 2.48. The largest absolute Gasteiger partial charge is 0.316 e. The number of hydrogen-bond acceptors (Lipinski definition) is 4. The Kier molecular flexibility index (Phi) is 4.40. The van der Waals surface area contributed by atoms with Gasteiger partial charge in [0.25, 0.3) is 10.1 Å². The van der Waals surface area contributed by atoms with Crippen molar-refractivity contribution in [3.05, 3.63) is 11.0 Å². The fourth-order valence-electron chi connectivity index (χ4n) is 0.731. The predicted molar refractivity (Wildman–Crippen MR) is 46.7 cm³/mol. The summed E-state index contributed by atoms with van der Waals surface area (Å²) in [6.07, 6.45) is 1.28. The Balaban J connectivity index is 4.24. The van der Waals surface area contributed by atoms with E-state index in [9.17, 15) is 8.42 Å². The lowest BCUT2D eigenvalue weighted by Crippen LogP contribution is -2.30. The van der Waals surface area contributed by atoms with Gasteiger partial charge >= 0.3 is 0 Å². The van der Waals surface area contributed by atoms with Crippen LogP contribution in [-0.2, 0) is 10.1 Å². The second-order valence-corrected chi connectivity index (χ2v) is 3.91. The highest BCUT2D eigenvalue weighted by atomic mass is 32.2. The topological polar surface area (TPSA) is 106 Å². The van der Waals surface area contributed by atoms with Gasteiger partial charge in [0.05, 0.1) is 11.1 Å². The average molecular weight is 194 g/mol. The highest BCUT2D eigenvalue weighted by Crippen LogP contribution is 2.11. The van der Waals surface area contributed by atoms with Crippen LogP contribution in [0.1, 0.15) is 19.8 Å². The third-order valence-electron chi connectivity index (χ3n) is 1.38. The quantitative estimate of drug-likeness (QED) is 0.424. The van der Waals surface area contributed by atoms with Crippen molar-refractivity contribution in [3.8, 4) is 0 Å². The number of allylic oxidation sites excluding steroid dienone is 2. The van der Waals surface area contributed by atoms with Crippen LogP contribution in [-0.4, -0.2) is 19.1 Å². The van der Waals surface area contributed by atoms with Crippen molar-refractivity contribution < 1.29 is 13.0 Å². The fourth-order valence-corrected chi connectivity index (χ4v) is 1.40. The van der Waals surface area contributed by atoms with Crippen molar-refractivity contribution in [1.29, 1.82) is 0 Å². The second kappa shape index (κ2) is 4.56. The zero-order valence-electron chi connectivity index (χ0n) is 6.90. The molecule has 0 radical (unpaired) electrons. The zero-order chi connectivity index (χ0) is 9.78. The molecule has 0 saturated carbocycles. The zero-order valence-corrected chi connectivity index (χ0v) is 7.71. The summed E-state index contributed by atoms with van der Waals surface area (Å²) in [6.45, 7) is 1.53. The molecule has 0 amide bonds. The molecule has 0 aromatic heterocycles. The summed E-state index contributed by atoms with van der Waals surface area (Å²) in [5, 5.41) is 0. The van der Waals surface area contributed by atoms with E-state index in [0.29, 0.717) is 6.42 Å². The molecule has 0 aliphatic rings. The van der Waals surface area contributed by atoms with Gasteiger partial charge in [0, 0.05) is 0 Å². The fraction of sp³-hybridized carbons (Fsp3) is 0.667. The summed E-state index contributed by atoms with van der Waals surface area (Å²) in [5.74, 6) is 0. The highest BCUT2D eigenvalue weighted by molar-refractivity contribution is 7.89. The molecule has 5 N–H and O–H groups in total. The smallest absolute Gasteiger partial charge is 0.290 e.